The molecule has 2 heterocycles. The van der Waals surface area contributed by atoms with E-state index in [0.29, 0.717) is 11.4 Å². The lowest BCUT2D eigenvalue weighted by Gasteiger charge is -2.16. The molecule has 0 bridgehead atoms. The number of hydrogen-bond acceptors (Lipinski definition) is 4. The van der Waals surface area contributed by atoms with Gasteiger partial charge in [-0.05, 0) is 49.2 Å². The van der Waals surface area contributed by atoms with Crippen molar-refractivity contribution in [3.05, 3.63) is 48.4 Å². The van der Waals surface area contributed by atoms with Crippen molar-refractivity contribution in [2.75, 3.05) is 18.4 Å². The van der Waals surface area contributed by atoms with E-state index < -0.39 is 10.0 Å². The van der Waals surface area contributed by atoms with Crippen LogP contribution >= 0.6 is 0 Å². The van der Waals surface area contributed by atoms with E-state index in [1.165, 1.54) is 18.4 Å². The number of nitrogens with zero attached hydrogens (tertiary/aromatic N) is 1. The Labute approximate surface area is 140 Å². The minimum absolute atomic E-state index is 0.0861. The summed E-state index contributed by atoms with van der Waals surface area (Å²) in [7, 11) is -3.63. The number of furan rings is 1. The number of nitrogens with one attached hydrogen (secondary N) is 2. The smallest absolute Gasteiger partial charge is 0.321 e. The van der Waals surface area contributed by atoms with E-state index in [9.17, 15) is 13.2 Å². The van der Waals surface area contributed by atoms with Crippen LogP contribution in [0.3, 0.4) is 0 Å². The molecule has 1 aromatic heterocycles. The Hall–Kier alpha value is -2.32. The molecule has 0 spiro atoms. The molecule has 1 aliphatic heterocycles. The van der Waals surface area contributed by atoms with Gasteiger partial charge in [-0.3, -0.25) is 0 Å². The first kappa shape index (κ1) is 16.5. The molecule has 1 aliphatic rings. The maximum Gasteiger partial charge on any atom is 0.321 e. The quantitative estimate of drug-likeness (QED) is 0.867. The number of likely N-dealkylation sites (tertiary alicyclic amines) is 1. The van der Waals surface area contributed by atoms with Gasteiger partial charge in [-0.1, -0.05) is 0 Å². The molecule has 1 fully saturated rings. The largest absolute Gasteiger partial charge is 0.468 e. The number of amides is 2. The van der Waals surface area contributed by atoms with Gasteiger partial charge in [0.2, 0.25) is 10.0 Å². The Balaban J connectivity index is 1.61. The number of benzene rings is 1. The van der Waals surface area contributed by atoms with E-state index in [-0.39, 0.29) is 17.5 Å². The van der Waals surface area contributed by atoms with Crippen LogP contribution in [0.5, 0.6) is 0 Å². The molecule has 0 aliphatic carbocycles. The van der Waals surface area contributed by atoms with Crippen LogP contribution in [0.15, 0.2) is 52.0 Å². The summed E-state index contributed by atoms with van der Waals surface area (Å²) in [4.78, 5) is 13.9. The molecule has 0 radical (unpaired) electrons. The van der Waals surface area contributed by atoms with Crippen molar-refractivity contribution in [1.82, 2.24) is 9.62 Å². The second-order valence-electron chi connectivity index (χ2n) is 5.55. The highest BCUT2D eigenvalue weighted by Gasteiger charge is 2.18. The molecule has 7 nitrogen and oxygen atoms in total. The SMILES string of the molecule is O=C(Nc1ccc(S(=O)(=O)NCc2ccco2)cc1)N1CCCC1. The normalized spacial score (nSPS) is 14.8. The van der Waals surface area contributed by atoms with Gasteiger partial charge in [0.1, 0.15) is 5.76 Å². The molecule has 2 N–H and O–H groups in total. The van der Waals surface area contributed by atoms with Gasteiger partial charge in [-0.2, -0.15) is 0 Å². The van der Waals surface area contributed by atoms with Crippen LogP contribution in [0.2, 0.25) is 0 Å². The summed E-state index contributed by atoms with van der Waals surface area (Å²) in [5, 5.41) is 2.77. The fourth-order valence-corrected chi connectivity index (χ4v) is 3.50. The van der Waals surface area contributed by atoms with E-state index in [1.54, 1.807) is 29.2 Å². The summed E-state index contributed by atoms with van der Waals surface area (Å²) in [6.07, 6.45) is 3.53. The van der Waals surface area contributed by atoms with Crippen molar-refractivity contribution in [1.29, 1.82) is 0 Å². The zero-order valence-corrected chi connectivity index (χ0v) is 13.9. The van der Waals surface area contributed by atoms with Crippen LogP contribution < -0.4 is 10.0 Å². The van der Waals surface area contributed by atoms with Gasteiger partial charge >= 0.3 is 6.03 Å². The Morgan fingerprint density at radius 2 is 1.83 bits per heavy atom. The summed E-state index contributed by atoms with van der Waals surface area (Å²) in [6.45, 7) is 1.60. The minimum atomic E-state index is -3.63. The first-order valence-corrected chi connectivity index (χ1v) is 9.21. The fraction of sp³-hybridized carbons (Fsp3) is 0.312. The number of sulfonamides is 1. The van der Waals surface area contributed by atoms with Crippen LogP contribution in [0, 0.1) is 0 Å². The second kappa shape index (κ2) is 7.06. The van der Waals surface area contributed by atoms with Crippen molar-refractivity contribution in [3.8, 4) is 0 Å². The molecule has 1 saturated heterocycles. The lowest BCUT2D eigenvalue weighted by atomic mass is 10.3. The highest BCUT2D eigenvalue weighted by Crippen LogP contribution is 2.16. The minimum Gasteiger partial charge on any atom is -0.468 e. The highest BCUT2D eigenvalue weighted by atomic mass is 32.2. The summed E-state index contributed by atoms with van der Waals surface area (Å²) in [6, 6.07) is 9.32. The molecule has 2 amide bonds. The van der Waals surface area contributed by atoms with Gasteiger partial charge < -0.3 is 14.6 Å². The maximum absolute atomic E-state index is 12.2. The lowest BCUT2D eigenvalue weighted by Crippen LogP contribution is -2.32. The molecule has 24 heavy (non-hydrogen) atoms. The molecule has 0 unspecified atom stereocenters. The van der Waals surface area contributed by atoms with E-state index >= 15 is 0 Å². The zero-order chi connectivity index (χ0) is 17.0. The van der Waals surface area contributed by atoms with Crippen LogP contribution in [0.4, 0.5) is 10.5 Å². The van der Waals surface area contributed by atoms with Gasteiger partial charge in [0.05, 0.1) is 17.7 Å². The number of anilines is 1. The molecule has 2 aromatic rings. The van der Waals surface area contributed by atoms with Gasteiger partial charge in [0.15, 0.2) is 0 Å². The third-order valence-corrected chi connectivity index (χ3v) is 5.24. The molecule has 8 heteroatoms. The summed E-state index contributed by atoms with van der Waals surface area (Å²) in [5.41, 5.74) is 0.567. The van der Waals surface area contributed by atoms with Gasteiger partial charge in [0.25, 0.3) is 0 Å². The molecule has 0 atom stereocenters. The summed E-state index contributed by atoms with van der Waals surface area (Å²) < 4.78 is 32.0. The van der Waals surface area contributed by atoms with Crippen LogP contribution in [-0.2, 0) is 16.6 Å². The average Bonchev–Trinajstić information content (AvgIpc) is 3.27. The molecule has 1 aromatic carbocycles. The van der Waals surface area contributed by atoms with E-state index in [4.69, 9.17) is 4.42 Å². The lowest BCUT2D eigenvalue weighted by molar-refractivity contribution is 0.222. The van der Waals surface area contributed by atoms with Crippen molar-refractivity contribution < 1.29 is 17.6 Å². The van der Waals surface area contributed by atoms with E-state index in [0.717, 1.165) is 25.9 Å². The monoisotopic (exact) mass is 349 g/mol. The summed E-state index contributed by atoms with van der Waals surface area (Å²) in [5.74, 6) is 0.535. The molecular formula is C16H19N3O4S. The van der Waals surface area contributed by atoms with Gasteiger partial charge in [-0.15, -0.1) is 0 Å². The standard InChI is InChI=1S/C16H19N3O4S/c20-16(19-9-1-2-10-19)18-13-5-7-15(8-6-13)24(21,22)17-12-14-4-3-11-23-14/h3-8,11,17H,1-2,9-10,12H2,(H,18,20). The first-order chi connectivity index (χ1) is 11.5. The zero-order valence-electron chi connectivity index (χ0n) is 13.1. The van der Waals surface area contributed by atoms with Crippen LogP contribution in [0.1, 0.15) is 18.6 Å². The Bertz CT molecular complexity index is 779. The van der Waals surface area contributed by atoms with Crippen molar-refractivity contribution in [2.24, 2.45) is 0 Å². The van der Waals surface area contributed by atoms with Crippen molar-refractivity contribution in [2.45, 2.75) is 24.3 Å². The van der Waals surface area contributed by atoms with Crippen LogP contribution in [-0.4, -0.2) is 32.4 Å². The predicted octanol–water partition coefficient (Wildman–Crippen LogP) is 2.39. The van der Waals surface area contributed by atoms with Crippen LogP contribution in [0.25, 0.3) is 0 Å². The topological polar surface area (TPSA) is 91.6 Å². The van der Waals surface area contributed by atoms with E-state index in [1.807, 2.05) is 0 Å². The highest BCUT2D eigenvalue weighted by molar-refractivity contribution is 7.89. The van der Waals surface area contributed by atoms with Crippen molar-refractivity contribution >= 4 is 21.7 Å². The number of hydrogen-bond donors (Lipinski definition) is 2. The Morgan fingerprint density at radius 3 is 2.46 bits per heavy atom. The Kier molecular flexibility index (Phi) is 4.86. The first-order valence-electron chi connectivity index (χ1n) is 7.73. The molecule has 3 rings (SSSR count). The molecular weight excluding hydrogens is 330 g/mol. The van der Waals surface area contributed by atoms with Crippen molar-refractivity contribution in [3.63, 3.8) is 0 Å². The fourth-order valence-electron chi connectivity index (χ4n) is 2.50. The number of carbonyl (C=O) groups excluding carboxylic acids is 1. The molecule has 128 valence electrons. The Morgan fingerprint density at radius 1 is 1.12 bits per heavy atom. The third-order valence-electron chi connectivity index (χ3n) is 3.83. The maximum atomic E-state index is 12.2. The summed E-state index contributed by atoms with van der Waals surface area (Å²) >= 11 is 0. The van der Waals surface area contributed by atoms with Gasteiger partial charge in [-0.25, -0.2) is 17.9 Å². The average molecular weight is 349 g/mol. The predicted molar refractivity (Wildman–Crippen MR) is 89.0 cm³/mol. The number of carbonyl (C=O) groups is 1. The van der Waals surface area contributed by atoms with E-state index in [2.05, 4.69) is 10.0 Å². The number of rotatable bonds is 5. The second-order valence-corrected chi connectivity index (χ2v) is 7.32. The molecule has 0 saturated carbocycles. The number of urea groups is 1. The third kappa shape index (κ3) is 3.95. The van der Waals surface area contributed by atoms with Gasteiger partial charge in [0, 0.05) is 18.8 Å².